The molecule has 0 amide bonds. The summed E-state index contributed by atoms with van der Waals surface area (Å²) in [5.74, 6) is 2.23. The zero-order valence-electron chi connectivity index (χ0n) is 18.4. The van der Waals surface area contributed by atoms with Gasteiger partial charge in [0.2, 0.25) is 11.6 Å². The molecule has 4 aromatic heterocycles. The van der Waals surface area contributed by atoms with E-state index in [0.717, 1.165) is 74.1 Å². The second-order valence-corrected chi connectivity index (χ2v) is 7.77. The summed E-state index contributed by atoms with van der Waals surface area (Å²) in [5.41, 5.74) is 4.38. The molecule has 0 bridgehead atoms. The van der Waals surface area contributed by atoms with Crippen molar-refractivity contribution in [2.24, 2.45) is 0 Å². The topological polar surface area (TPSA) is 86.2 Å². The van der Waals surface area contributed by atoms with Gasteiger partial charge in [-0.1, -0.05) is 53.4 Å². The van der Waals surface area contributed by atoms with Gasteiger partial charge in [0.25, 0.3) is 11.6 Å². The highest BCUT2D eigenvalue weighted by Crippen LogP contribution is 2.18. The van der Waals surface area contributed by atoms with Gasteiger partial charge >= 0.3 is 0 Å². The minimum absolute atomic E-state index is 0.499. The summed E-state index contributed by atoms with van der Waals surface area (Å²) >= 11 is 0. The van der Waals surface area contributed by atoms with Crippen LogP contribution in [0.3, 0.4) is 0 Å². The van der Waals surface area contributed by atoms with Crippen molar-refractivity contribution in [3.05, 3.63) is 34.9 Å². The SMILES string of the molecule is CCCc1cc(CCC)n2nc(-c3nc4nc(CCC)cc(CCC)n4n3)nc2n1. The molecule has 0 saturated heterocycles. The van der Waals surface area contributed by atoms with E-state index in [0.29, 0.717) is 23.2 Å². The Labute approximate surface area is 176 Å². The molecule has 0 N–H and O–H groups in total. The minimum Gasteiger partial charge on any atom is -0.216 e. The molecule has 30 heavy (non-hydrogen) atoms. The Bertz CT molecular complexity index is 1070. The third-order valence-corrected chi connectivity index (χ3v) is 5.10. The third-order valence-electron chi connectivity index (χ3n) is 5.10. The summed E-state index contributed by atoms with van der Waals surface area (Å²) in [7, 11) is 0. The maximum absolute atomic E-state index is 4.71. The smallest absolute Gasteiger partial charge is 0.216 e. The lowest BCUT2D eigenvalue weighted by Crippen LogP contribution is -2.04. The molecule has 0 spiro atoms. The molecule has 8 nitrogen and oxygen atoms in total. The lowest BCUT2D eigenvalue weighted by Gasteiger charge is -2.05. The first-order valence-corrected chi connectivity index (χ1v) is 11.2. The number of rotatable bonds is 9. The van der Waals surface area contributed by atoms with E-state index in [2.05, 4.69) is 49.8 Å². The van der Waals surface area contributed by atoms with Gasteiger partial charge in [-0.2, -0.15) is 9.97 Å². The van der Waals surface area contributed by atoms with Crippen LogP contribution in [0.1, 0.15) is 76.2 Å². The van der Waals surface area contributed by atoms with E-state index in [1.54, 1.807) is 0 Å². The molecule has 0 aromatic carbocycles. The van der Waals surface area contributed by atoms with Gasteiger partial charge in [0.1, 0.15) is 0 Å². The number of hydrogen-bond acceptors (Lipinski definition) is 6. The molecule has 0 saturated carbocycles. The summed E-state index contributed by atoms with van der Waals surface area (Å²) in [6, 6.07) is 4.29. The van der Waals surface area contributed by atoms with Crippen LogP contribution in [0.15, 0.2) is 12.1 Å². The molecule has 158 valence electrons. The first-order valence-electron chi connectivity index (χ1n) is 11.2. The Morgan fingerprint density at radius 1 is 0.567 bits per heavy atom. The van der Waals surface area contributed by atoms with Gasteiger partial charge in [-0.3, -0.25) is 0 Å². The molecule has 0 radical (unpaired) electrons. The molecule has 4 rings (SSSR count). The molecular formula is C22H30N8. The maximum Gasteiger partial charge on any atom is 0.253 e. The van der Waals surface area contributed by atoms with Gasteiger partial charge in [0.05, 0.1) is 0 Å². The van der Waals surface area contributed by atoms with E-state index in [1.807, 2.05) is 9.03 Å². The highest BCUT2D eigenvalue weighted by molar-refractivity contribution is 5.51. The van der Waals surface area contributed by atoms with Crippen LogP contribution in [0.2, 0.25) is 0 Å². The first kappa shape index (κ1) is 20.4. The highest BCUT2D eigenvalue weighted by Gasteiger charge is 2.18. The Morgan fingerprint density at radius 2 is 0.967 bits per heavy atom. The second-order valence-electron chi connectivity index (χ2n) is 7.77. The fraction of sp³-hybridized carbons (Fsp3) is 0.545. The predicted octanol–water partition coefficient (Wildman–Crippen LogP) is 4.04. The van der Waals surface area contributed by atoms with Crippen molar-refractivity contribution >= 4 is 11.6 Å². The monoisotopic (exact) mass is 406 g/mol. The summed E-state index contributed by atoms with van der Waals surface area (Å²) in [4.78, 5) is 18.8. The molecule has 4 aromatic rings. The molecule has 0 atom stereocenters. The van der Waals surface area contributed by atoms with Gasteiger partial charge in [-0.25, -0.2) is 19.0 Å². The van der Waals surface area contributed by atoms with Gasteiger partial charge in [0, 0.05) is 22.8 Å². The molecule has 4 heterocycles. The highest BCUT2D eigenvalue weighted by atomic mass is 15.4. The fourth-order valence-corrected chi connectivity index (χ4v) is 3.79. The Kier molecular flexibility index (Phi) is 6.01. The predicted molar refractivity (Wildman–Crippen MR) is 117 cm³/mol. The normalized spacial score (nSPS) is 11.7. The van der Waals surface area contributed by atoms with E-state index in [9.17, 15) is 0 Å². The van der Waals surface area contributed by atoms with Crippen molar-refractivity contribution in [2.45, 2.75) is 79.1 Å². The molecule has 0 aliphatic heterocycles. The van der Waals surface area contributed by atoms with Crippen LogP contribution in [0.5, 0.6) is 0 Å². The summed E-state index contributed by atoms with van der Waals surface area (Å²) in [6.07, 6.45) is 7.91. The zero-order chi connectivity index (χ0) is 21.1. The number of nitrogens with zero attached hydrogens (tertiary/aromatic N) is 8. The third kappa shape index (κ3) is 3.91. The van der Waals surface area contributed by atoms with Crippen molar-refractivity contribution in [3.63, 3.8) is 0 Å². The van der Waals surface area contributed by atoms with E-state index in [1.165, 1.54) is 0 Å². The van der Waals surface area contributed by atoms with Crippen LogP contribution >= 0.6 is 0 Å². The Balaban J connectivity index is 1.82. The molecule has 0 fully saturated rings. The molecule has 0 aliphatic carbocycles. The Hall–Kier alpha value is -2.90. The van der Waals surface area contributed by atoms with Crippen molar-refractivity contribution < 1.29 is 0 Å². The summed E-state index contributed by atoms with van der Waals surface area (Å²) in [6.45, 7) is 8.66. The van der Waals surface area contributed by atoms with Crippen LogP contribution in [0.4, 0.5) is 0 Å². The van der Waals surface area contributed by atoms with E-state index in [4.69, 9.17) is 20.2 Å². The van der Waals surface area contributed by atoms with E-state index in [-0.39, 0.29) is 0 Å². The number of fused-ring (bicyclic) bond motifs is 2. The molecule has 8 heteroatoms. The summed E-state index contributed by atoms with van der Waals surface area (Å²) < 4.78 is 3.68. The van der Waals surface area contributed by atoms with Gasteiger partial charge in [-0.15, -0.1) is 10.2 Å². The average Bonchev–Trinajstić information content (AvgIpc) is 3.33. The Morgan fingerprint density at radius 3 is 1.33 bits per heavy atom. The van der Waals surface area contributed by atoms with Crippen LogP contribution in [-0.2, 0) is 25.7 Å². The van der Waals surface area contributed by atoms with Crippen LogP contribution in [0.25, 0.3) is 23.2 Å². The lowest BCUT2D eigenvalue weighted by atomic mass is 10.2. The van der Waals surface area contributed by atoms with E-state index < -0.39 is 0 Å². The zero-order valence-corrected chi connectivity index (χ0v) is 18.4. The van der Waals surface area contributed by atoms with Gasteiger partial charge < -0.3 is 0 Å². The van der Waals surface area contributed by atoms with Crippen LogP contribution in [0, 0.1) is 0 Å². The number of aryl methyl sites for hydroxylation is 4. The van der Waals surface area contributed by atoms with Crippen molar-refractivity contribution in [1.82, 2.24) is 39.2 Å². The maximum atomic E-state index is 4.71. The lowest BCUT2D eigenvalue weighted by molar-refractivity contribution is 0.771. The average molecular weight is 407 g/mol. The number of hydrogen-bond donors (Lipinski definition) is 0. The van der Waals surface area contributed by atoms with Crippen LogP contribution < -0.4 is 0 Å². The van der Waals surface area contributed by atoms with Crippen molar-refractivity contribution in [1.29, 1.82) is 0 Å². The molecular weight excluding hydrogens is 376 g/mol. The molecule has 0 unspecified atom stereocenters. The van der Waals surface area contributed by atoms with Crippen molar-refractivity contribution in [3.8, 4) is 11.6 Å². The van der Waals surface area contributed by atoms with E-state index >= 15 is 0 Å². The fourth-order valence-electron chi connectivity index (χ4n) is 3.79. The first-order chi connectivity index (χ1) is 14.7. The minimum atomic E-state index is 0.499. The van der Waals surface area contributed by atoms with Crippen molar-refractivity contribution in [2.75, 3.05) is 0 Å². The number of aromatic nitrogens is 8. The van der Waals surface area contributed by atoms with Crippen LogP contribution in [-0.4, -0.2) is 39.2 Å². The largest absolute Gasteiger partial charge is 0.253 e. The summed E-state index contributed by atoms with van der Waals surface area (Å²) in [5, 5.41) is 9.42. The van der Waals surface area contributed by atoms with Gasteiger partial charge in [-0.05, 0) is 37.8 Å². The van der Waals surface area contributed by atoms with Gasteiger partial charge in [0.15, 0.2) is 0 Å². The quantitative estimate of drug-likeness (QED) is 0.417. The molecule has 0 aliphatic rings. The second kappa shape index (κ2) is 8.85. The standard InChI is InChI=1S/C22H30N8/c1-5-9-15-13-17(11-7-3)29-21(23-15)25-19(27-29)20-26-22-24-16(10-6-2)14-18(12-8-4)30(22)28-20/h13-14H,5-12H2,1-4H3.